The molecule has 0 aliphatic rings. The van der Waals surface area contributed by atoms with Crippen molar-refractivity contribution in [2.45, 2.75) is 20.3 Å². The molecule has 0 spiro atoms. The second kappa shape index (κ2) is 8.81. The number of benzene rings is 3. The summed E-state index contributed by atoms with van der Waals surface area (Å²) < 4.78 is 0. The van der Waals surface area contributed by atoms with Gasteiger partial charge in [-0.25, -0.2) is 0 Å². The van der Waals surface area contributed by atoms with E-state index in [-0.39, 0.29) is 18.3 Å². The molecule has 0 unspecified atom stereocenters. The summed E-state index contributed by atoms with van der Waals surface area (Å²) in [6.45, 7) is 3.72. The van der Waals surface area contributed by atoms with E-state index >= 15 is 0 Å². The number of ketones is 1. The predicted octanol–water partition coefficient (Wildman–Crippen LogP) is 5.68. The fourth-order valence-electron chi connectivity index (χ4n) is 3.58. The molecule has 4 rings (SSSR count). The average molecular weight is 427 g/mol. The van der Waals surface area contributed by atoms with E-state index in [1.165, 1.54) is 0 Å². The van der Waals surface area contributed by atoms with Crippen LogP contribution in [0.5, 0.6) is 0 Å². The van der Waals surface area contributed by atoms with Crippen LogP contribution in [0.2, 0.25) is 0 Å². The normalized spacial score (nSPS) is 11.5. The average Bonchev–Trinajstić information content (AvgIpc) is 3.24. The molecule has 0 aliphatic carbocycles. The SMILES string of the molecule is CC(C)(CO)CC(=O)c1ccc(-c2ccc(NC(=O)c3cc4ccccc4[nH]3)cc2)cc1. The Labute approximate surface area is 187 Å². The number of para-hydroxylation sites is 1. The molecule has 1 heterocycles. The topological polar surface area (TPSA) is 82.2 Å². The van der Waals surface area contributed by atoms with E-state index in [1.807, 2.05) is 92.7 Å². The van der Waals surface area contributed by atoms with Crippen molar-refractivity contribution in [2.24, 2.45) is 5.41 Å². The zero-order valence-electron chi connectivity index (χ0n) is 18.2. The first-order valence-electron chi connectivity index (χ1n) is 10.6. The van der Waals surface area contributed by atoms with Crippen molar-refractivity contribution >= 4 is 28.3 Å². The number of hydrogen-bond acceptors (Lipinski definition) is 3. The van der Waals surface area contributed by atoms with Gasteiger partial charge in [-0.05, 0) is 40.8 Å². The van der Waals surface area contributed by atoms with Crippen LogP contribution < -0.4 is 5.32 Å². The lowest BCUT2D eigenvalue weighted by Crippen LogP contribution is -2.21. The Morgan fingerprint density at radius 2 is 1.53 bits per heavy atom. The molecule has 1 amide bonds. The Morgan fingerprint density at radius 3 is 2.16 bits per heavy atom. The van der Waals surface area contributed by atoms with Crippen LogP contribution in [0.3, 0.4) is 0 Å². The van der Waals surface area contributed by atoms with Crippen molar-refractivity contribution < 1.29 is 14.7 Å². The third-order valence-corrected chi connectivity index (χ3v) is 5.52. The van der Waals surface area contributed by atoms with Crippen LogP contribution in [0, 0.1) is 5.41 Å². The number of H-pyrrole nitrogens is 1. The van der Waals surface area contributed by atoms with Crippen LogP contribution in [-0.2, 0) is 0 Å². The highest BCUT2D eigenvalue weighted by Gasteiger charge is 2.21. The van der Waals surface area contributed by atoms with Crippen LogP contribution in [0.25, 0.3) is 22.0 Å². The number of anilines is 1. The van der Waals surface area contributed by atoms with E-state index in [4.69, 9.17) is 0 Å². The molecule has 1 aromatic heterocycles. The van der Waals surface area contributed by atoms with Gasteiger partial charge in [-0.15, -0.1) is 0 Å². The second-order valence-corrected chi connectivity index (χ2v) is 8.80. The maximum Gasteiger partial charge on any atom is 0.272 e. The van der Waals surface area contributed by atoms with Crippen LogP contribution in [-0.4, -0.2) is 28.4 Å². The molecule has 0 atom stereocenters. The summed E-state index contributed by atoms with van der Waals surface area (Å²) in [5, 5.41) is 13.3. The van der Waals surface area contributed by atoms with Crippen molar-refractivity contribution in [3.63, 3.8) is 0 Å². The van der Waals surface area contributed by atoms with Gasteiger partial charge in [0.05, 0.1) is 0 Å². The van der Waals surface area contributed by atoms with Crippen LogP contribution in [0.15, 0.2) is 78.9 Å². The number of aliphatic hydroxyl groups excluding tert-OH is 1. The van der Waals surface area contributed by atoms with Crippen LogP contribution >= 0.6 is 0 Å². The number of nitrogens with one attached hydrogen (secondary N) is 2. The van der Waals surface area contributed by atoms with Gasteiger partial charge >= 0.3 is 0 Å². The van der Waals surface area contributed by atoms with Gasteiger partial charge in [0, 0.05) is 35.2 Å². The number of aromatic amines is 1. The number of hydrogen-bond donors (Lipinski definition) is 3. The summed E-state index contributed by atoms with van der Waals surface area (Å²) in [6.07, 6.45) is 0.299. The van der Waals surface area contributed by atoms with Gasteiger partial charge in [0.25, 0.3) is 5.91 Å². The highest BCUT2D eigenvalue weighted by atomic mass is 16.3. The van der Waals surface area contributed by atoms with E-state index in [2.05, 4.69) is 10.3 Å². The van der Waals surface area contributed by atoms with Gasteiger partial charge in [0.15, 0.2) is 5.78 Å². The lowest BCUT2D eigenvalue weighted by Gasteiger charge is -2.20. The Balaban J connectivity index is 1.43. The molecule has 0 radical (unpaired) electrons. The number of aromatic nitrogens is 1. The predicted molar refractivity (Wildman–Crippen MR) is 128 cm³/mol. The molecule has 5 nitrogen and oxygen atoms in total. The number of rotatable bonds is 7. The molecule has 0 aliphatic heterocycles. The number of Topliss-reactive ketones (excluding diaryl/α,β-unsaturated/α-hetero) is 1. The number of amides is 1. The summed E-state index contributed by atoms with van der Waals surface area (Å²) in [4.78, 5) is 28.1. The third kappa shape index (κ3) is 4.79. The minimum atomic E-state index is -0.428. The van der Waals surface area contributed by atoms with E-state index < -0.39 is 5.41 Å². The lowest BCUT2D eigenvalue weighted by molar-refractivity contribution is 0.0858. The highest BCUT2D eigenvalue weighted by Crippen LogP contribution is 2.25. The van der Waals surface area contributed by atoms with E-state index in [9.17, 15) is 14.7 Å². The molecule has 0 bridgehead atoms. The molecular formula is C27H26N2O3. The highest BCUT2D eigenvalue weighted by molar-refractivity contribution is 6.06. The Hall–Kier alpha value is -3.70. The summed E-state index contributed by atoms with van der Waals surface area (Å²) in [7, 11) is 0. The van der Waals surface area contributed by atoms with Crippen LogP contribution in [0.4, 0.5) is 5.69 Å². The second-order valence-electron chi connectivity index (χ2n) is 8.80. The third-order valence-electron chi connectivity index (χ3n) is 5.52. The summed E-state index contributed by atoms with van der Waals surface area (Å²) in [5.74, 6) is -0.173. The molecule has 32 heavy (non-hydrogen) atoms. The number of carbonyl (C=O) groups is 2. The monoisotopic (exact) mass is 426 g/mol. The van der Waals surface area contributed by atoms with Crippen molar-refractivity contribution in [1.82, 2.24) is 4.98 Å². The van der Waals surface area contributed by atoms with Crippen molar-refractivity contribution in [3.8, 4) is 11.1 Å². The zero-order valence-corrected chi connectivity index (χ0v) is 18.2. The van der Waals surface area contributed by atoms with E-state index in [0.29, 0.717) is 23.4 Å². The fourth-order valence-corrected chi connectivity index (χ4v) is 3.58. The minimum absolute atomic E-state index is 0.0191. The Morgan fingerprint density at radius 1 is 0.906 bits per heavy atom. The summed E-state index contributed by atoms with van der Waals surface area (Å²) in [5.41, 5.74) is 4.32. The van der Waals surface area contributed by atoms with Crippen molar-refractivity contribution in [2.75, 3.05) is 11.9 Å². The van der Waals surface area contributed by atoms with Crippen molar-refractivity contribution in [1.29, 1.82) is 0 Å². The first-order valence-corrected chi connectivity index (χ1v) is 10.6. The molecule has 0 saturated heterocycles. The minimum Gasteiger partial charge on any atom is -0.396 e. The molecule has 162 valence electrons. The standard InChI is InChI=1S/C27H26N2O3/c1-27(2,17-30)16-25(31)20-9-7-18(8-10-20)19-11-13-22(14-12-19)28-26(32)24-15-21-5-3-4-6-23(21)29-24/h3-15,29-30H,16-17H2,1-2H3,(H,28,32). The van der Waals surface area contributed by atoms with Gasteiger partial charge in [-0.2, -0.15) is 0 Å². The quantitative estimate of drug-likeness (QED) is 0.333. The molecule has 4 aromatic rings. The van der Waals surface area contributed by atoms with Gasteiger partial charge in [0.2, 0.25) is 0 Å². The van der Waals surface area contributed by atoms with E-state index in [1.54, 1.807) is 0 Å². The number of carbonyl (C=O) groups excluding carboxylic acids is 2. The first-order chi connectivity index (χ1) is 15.3. The van der Waals surface area contributed by atoms with Gasteiger partial charge in [0.1, 0.15) is 5.69 Å². The molecular weight excluding hydrogens is 400 g/mol. The molecule has 5 heteroatoms. The van der Waals surface area contributed by atoms with Gasteiger partial charge in [-0.1, -0.05) is 68.4 Å². The summed E-state index contributed by atoms with van der Waals surface area (Å²) >= 11 is 0. The molecule has 3 N–H and O–H groups in total. The lowest BCUT2D eigenvalue weighted by atomic mass is 9.86. The fraction of sp³-hybridized carbons (Fsp3) is 0.185. The first kappa shape index (κ1) is 21.5. The number of aliphatic hydroxyl groups is 1. The maximum atomic E-state index is 12.6. The van der Waals surface area contributed by atoms with Gasteiger partial charge in [-0.3, -0.25) is 9.59 Å². The maximum absolute atomic E-state index is 12.6. The molecule has 3 aromatic carbocycles. The largest absolute Gasteiger partial charge is 0.396 e. The van der Waals surface area contributed by atoms with E-state index in [0.717, 1.165) is 22.0 Å². The molecule has 0 saturated carbocycles. The Bertz CT molecular complexity index is 1220. The smallest absolute Gasteiger partial charge is 0.272 e. The Kier molecular flexibility index (Phi) is 5.93. The number of fused-ring (bicyclic) bond motifs is 1. The summed E-state index contributed by atoms with van der Waals surface area (Å²) in [6, 6.07) is 24.7. The van der Waals surface area contributed by atoms with Gasteiger partial charge < -0.3 is 15.4 Å². The van der Waals surface area contributed by atoms with Crippen LogP contribution in [0.1, 0.15) is 41.1 Å². The van der Waals surface area contributed by atoms with Crippen molar-refractivity contribution in [3.05, 3.63) is 90.1 Å². The zero-order chi connectivity index (χ0) is 22.7. The molecule has 0 fully saturated rings.